The summed E-state index contributed by atoms with van der Waals surface area (Å²) in [6.07, 6.45) is 1.92. The Balaban J connectivity index is 3.11. The van der Waals surface area contributed by atoms with Gasteiger partial charge in [-0.05, 0) is 12.5 Å². The van der Waals surface area contributed by atoms with Gasteiger partial charge in [0.1, 0.15) is 5.82 Å². The van der Waals surface area contributed by atoms with Gasteiger partial charge in [-0.1, -0.05) is 6.92 Å². The van der Waals surface area contributed by atoms with E-state index in [2.05, 4.69) is 0 Å². The zero-order chi connectivity index (χ0) is 9.84. The van der Waals surface area contributed by atoms with Gasteiger partial charge in [0.25, 0.3) is 5.56 Å². The summed E-state index contributed by atoms with van der Waals surface area (Å²) >= 11 is 0. The Labute approximate surface area is 76.0 Å². The molecule has 4 heteroatoms. The monoisotopic (exact) mass is 184 g/mol. The van der Waals surface area contributed by atoms with E-state index in [0.29, 0.717) is 6.54 Å². The Morgan fingerprint density at radius 3 is 2.85 bits per heavy atom. The lowest BCUT2D eigenvalue weighted by Gasteiger charge is -2.15. The van der Waals surface area contributed by atoms with E-state index in [-0.39, 0.29) is 11.6 Å². The van der Waals surface area contributed by atoms with E-state index in [4.69, 9.17) is 5.73 Å². The third kappa shape index (κ3) is 2.15. The number of rotatable bonds is 3. The summed E-state index contributed by atoms with van der Waals surface area (Å²) in [7, 11) is 0. The lowest BCUT2D eigenvalue weighted by atomic mass is 10.2. The number of halogens is 1. The van der Waals surface area contributed by atoms with Crippen LogP contribution in [0.25, 0.3) is 0 Å². The van der Waals surface area contributed by atoms with Crippen molar-refractivity contribution in [2.45, 2.75) is 19.4 Å². The Morgan fingerprint density at radius 2 is 2.31 bits per heavy atom. The van der Waals surface area contributed by atoms with Crippen molar-refractivity contribution < 1.29 is 4.39 Å². The van der Waals surface area contributed by atoms with Crippen LogP contribution in [0.2, 0.25) is 0 Å². The van der Waals surface area contributed by atoms with Crippen molar-refractivity contribution in [1.82, 2.24) is 4.57 Å². The van der Waals surface area contributed by atoms with Gasteiger partial charge in [-0.15, -0.1) is 0 Å². The van der Waals surface area contributed by atoms with Gasteiger partial charge >= 0.3 is 0 Å². The average Bonchev–Trinajstić information content (AvgIpc) is 2.13. The quantitative estimate of drug-likeness (QED) is 0.758. The maximum Gasteiger partial charge on any atom is 0.251 e. The Kier molecular flexibility index (Phi) is 3.19. The van der Waals surface area contributed by atoms with Crippen LogP contribution in [-0.2, 0) is 0 Å². The molecule has 0 saturated carbocycles. The molecule has 72 valence electrons. The van der Waals surface area contributed by atoms with Gasteiger partial charge in [0.15, 0.2) is 0 Å². The normalized spacial score (nSPS) is 12.8. The van der Waals surface area contributed by atoms with Gasteiger partial charge < -0.3 is 10.3 Å². The van der Waals surface area contributed by atoms with Gasteiger partial charge in [-0.3, -0.25) is 4.79 Å². The summed E-state index contributed by atoms with van der Waals surface area (Å²) in [6, 6.07) is 2.26. The molecule has 0 radical (unpaired) electrons. The van der Waals surface area contributed by atoms with E-state index in [1.807, 2.05) is 6.92 Å². The molecule has 3 nitrogen and oxygen atoms in total. The second kappa shape index (κ2) is 4.18. The Morgan fingerprint density at radius 1 is 1.62 bits per heavy atom. The minimum absolute atomic E-state index is 0.108. The number of hydrogen-bond donors (Lipinski definition) is 1. The van der Waals surface area contributed by atoms with Crippen molar-refractivity contribution in [3.63, 3.8) is 0 Å². The SMILES string of the molecule is CCC(CN)n1cc(F)ccc1=O. The van der Waals surface area contributed by atoms with Gasteiger partial charge in [-0.2, -0.15) is 0 Å². The zero-order valence-corrected chi connectivity index (χ0v) is 7.53. The number of hydrogen-bond acceptors (Lipinski definition) is 2. The first-order chi connectivity index (χ1) is 6.19. The second-order valence-corrected chi connectivity index (χ2v) is 2.89. The molecule has 1 aromatic rings. The molecular formula is C9H13FN2O. The fourth-order valence-corrected chi connectivity index (χ4v) is 1.24. The molecule has 0 aliphatic heterocycles. The number of nitrogens with zero attached hydrogens (tertiary/aromatic N) is 1. The molecule has 0 amide bonds. The molecule has 0 spiro atoms. The van der Waals surface area contributed by atoms with Crippen LogP contribution in [0.1, 0.15) is 19.4 Å². The summed E-state index contributed by atoms with van der Waals surface area (Å²) in [5.41, 5.74) is 5.24. The molecule has 1 atom stereocenters. The summed E-state index contributed by atoms with van der Waals surface area (Å²) in [4.78, 5) is 11.3. The fourth-order valence-electron chi connectivity index (χ4n) is 1.24. The van der Waals surface area contributed by atoms with Crippen molar-refractivity contribution in [2.75, 3.05) is 6.54 Å². The molecule has 13 heavy (non-hydrogen) atoms. The van der Waals surface area contributed by atoms with Gasteiger partial charge in [0, 0.05) is 24.8 Å². The van der Waals surface area contributed by atoms with Crippen LogP contribution in [0.3, 0.4) is 0 Å². The third-order valence-electron chi connectivity index (χ3n) is 2.04. The van der Waals surface area contributed by atoms with Crippen LogP contribution in [0, 0.1) is 5.82 Å². The summed E-state index contributed by atoms with van der Waals surface area (Å²) < 4.78 is 14.1. The number of aromatic nitrogens is 1. The van der Waals surface area contributed by atoms with Crippen molar-refractivity contribution in [3.05, 3.63) is 34.5 Å². The van der Waals surface area contributed by atoms with Crippen LogP contribution in [-0.4, -0.2) is 11.1 Å². The molecule has 0 aliphatic rings. The minimum atomic E-state index is -0.411. The average molecular weight is 184 g/mol. The highest BCUT2D eigenvalue weighted by atomic mass is 19.1. The lowest BCUT2D eigenvalue weighted by molar-refractivity contribution is 0.466. The molecular weight excluding hydrogens is 171 g/mol. The van der Waals surface area contributed by atoms with Crippen molar-refractivity contribution in [3.8, 4) is 0 Å². The largest absolute Gasteiger partial charge is 0.328 e. The van der Waals surface area contributed by atoms with E-state index in [0.717, 1.165) is 12.5 Å². The van der Waals surface area contributed by atoms with E-state index in [9.17, 15) is 9.18 Å². The zero-order valence-electron chi connectivity index (χ0n) is 7.53. The number of nitrogens with two attached hydrogens (primary N) is 1. The van der Waals surface area contributed by atoms with E-state index in [1.54, 1.807) is 0 Å². The van der Waals surface area contributed by atoms with Crippen molar-refractivity contribution >= 4 is 0 Å². The van der Waals surface area contributed by atoms with Crippen molar-refractivity contribution in [1.29, 1.82) is 0 Å². The lowest BCUT2D eigenvalue weighted by Crippen LogP contribution is -2.28. The van der Waals surface area contributed by atoms with E-state index < -0.39 is 5.82 Å². The highest BCUT2D eigenvalue weighted by Gasteiger charge is 2.07. The van der Waals surface area contributed by atoms with Gasteiger partial charge in [-0.25, -0.2) is 4.39 Å². The Bertz CT molecular complexity index is 331. The maximum atomic E-state index is 12.8. The highest BCUT2D eigenvalue weighted by Crippen LogP contribution is 2.06. The van der Waals surface area contributed by atoms with Gasteiger partial charge in [0.2, 0.25) is 0 Å². The molecule has 0 fully saturated rings. The summed E-state index contributed by atoms with van der Waals surface area (Å²) in [6.45, 7) is 2.26. The first-order valence-corrected chi connectivity index (χ1v) is 4.26. The number of pyridine rings is 1. The standard InChI is InChI=1S/C9H13FN2O/c1-2-8(5-11)12-6-7(10)3-4-9(12)13/h3-4,6,8H,2,5,11H2,1H3. The van der Waals surface area contributed by atoms with Crippen LogP contribution in [0.4, 0.5) is 4.39 Å². The first-order valence-electron chi connectivity index (χ1n) is 4.26. The molecule has 0 aliphatic carbocycles. The molecule has 0 bridgehead atoms. The molecule has 2 N–H and O–H groups in total. The predicted molar refractivity (Wildman–Crippen MR) is 49.0 cm³/mol. The maximum absolute atomic E-state index is 12.8. The van der Waals surface area contributed by atoms with Crippen molar-refractivity contribution in [2.24, 2.45) is 5.73 Å². The van der Waals surface area contributed by atoms with Crippen LogP contribution in [0.15, 0.2) is 23.1 Å². The molecule has 0 aromatic carbocycles. The second-order valence-electron chi connectivity index (χ2n) is 2.89. The third-order valence-corrected chi connectivity index (χ3v) is 2.04. The van der Waals surface area contributed by atoms with E-state index in [1.165, 1.54) is 16.8 Å². The Hall–Kier alpha value is -1.16. The molecule has 1 aromatic heterocycles. The molecule has 1 rings (SSSR count). The highest BCUT2D eigenvalue weighted by molar-refractivity contribution is 4.98. The van der Waals surface area contributed by atoms with E-state index >= 15 is 0 Å². The smallest absolute Gasteiger partial charge is 0.251 e. The molecule has 1 heterocycles. The fraction of sp³-hybridized carbons (Fsp3) is 0.444. The van der Waals surface area contributed by atoms with Gasteiger partial charge in [0.05, 0.1) is 0 Å². The van der Waals surface area contributed by atoms with Crippen LogP contribution >= 0.6 is 0 Å². The van der Waals surface area contributed by atoms with Crippen LogP contribution < -0.4 is 11.3 Å². The first kappa shape index (κ1) is 9.92. The molecule has 0 saturated heterocycles. The molecule has 1 unspecified atom stereocenters. The summed E-state index contributed by atoms with van der Waals surface area (Å²) in [5, 5.41) is 0. The minimum Gasteiger partial charge on any atom is -0.328 e. The van der Waals surface area contributed by atoms with Crippen LogP contribution in [0.5, 0.6) is 0 Å². The summed E-state index contributed by atoms with van der Waals surface area (Å²) in [5.74, 6) is -0.411. The predicted octanol–water partition coefficient (Wildman–Crippen LogP) is 0.897. The topological polar surface area (TPSA) is 48.0 Å².